The van der Waals surface area contributed by atoms with E-state index < -0.39 is 0 Å². The summed E-state index contributed by atoms with van der Waals surface area (Å²) in [6.45, 7) is 6.31. The SMILES string of the molecule is CNC(=O)C(C)NC1CSC1(C)C. The Morgan fingerprint density at radius 3 is 2.54 bits per heavy atom. The molecule has 1 heterocycles. The molecule has 0 aromatic rings. The monoisotopic (exact) mass is 202 g/mol. The minimum Gasteiger partial charge on any atom is -0.358 e. The molecule has 0 aromatic heterocycles. The van der Waals surface area contributed by atoms with Crippen LogP contribution in [0.5, 0.6) is 0 Å². The molecule has 0 spiro atoms. The van der Waals surface area contributed by atoms with Crippen molar-refractivity contribution in [1.82, 2.24) is 10.6 Å². The molecule has 0 bridgehead atoms. The van der Waals surface area contributed by atoms with Gasteiger partial charge >= 0.3 is 0 Å². The van der Waals surface area contributed by atoms with Gasteiger partial charge in [0.05, 0.1) is 6.04 Å². The summed E-state index contributed by atoms with van der Waals surface area (Å²) in [4.78, 5) is 11.2. The van der Waals surface area contributed by atoms with Crippen molar-refractivity contribution in [3.8, 4) is 0 Å². The molecule has 2 unspecified atom stereocenters. The van der Waals surface area contributed by atoms with E-state index in [9.17, 15) is 4.79 Å². The lowest BCUT2D eigenvalue weighted by atomic mass is 10.0. The quantitative estimate of drug-likeness (QED) is 0.704. The van der Waals surface area contributed by atoms with E-state index in [4.69, 9.17) is 0 Å². The van der Waals surface area contributed by atoms with E-state index in [0.29, 0.717) is 6.04 Å². The summed E-state index contributed by atoms with van der Waals surface area (Å²) in [5, 5.41) is 5.96. The Morgan fingerprint density at radius 1 is 1.62 bits per heavy atom. The fraction of sp³-hybridized carbons (Fsp3) is 0.889. The Balaban J connectivity index is 2.37. The maximum Gasteiger partial charge on any atom is 0.236 e. The third-order valence-electron chi connectivity index (χ3n) is 2.55. The molecule has 0 aliphatic carbocycles. The molecule has 13 heavy (non-hydrogen) atoms. The van der Waals surface area contributed by atoms with Crippen molar-refractivity contribution in [2.75, 3.05) is 12.8 Å². The zero-order chi connectivity index (χ0) is 10.1. The van der Waals surface area contributed by atoms with Gasteiger partial charge in [0.1, 0.15) is 0 Å². The van der Waals surface area contributed by atoms with Crippen LogP contribution in [-0.4, -0.2) is 35.5 Å². The largest absolute Gasteiger partial charge is 0.358 e. The molecule has 1 aliphatic rings. The maximum absolute atomic E-state index is 11.2. The van der Waals surface area contributed by atoms with Crippen molar-refractivity contribution in [1.29, 1.82) is 0 Å². The first-order valence-electron chi connectivity index (χ1n) is 4.59. The van der Waals surface area contributed by atoms with Gasteiger partial charge in [-0.2, -0.15) is 11.8 Å². The predicted octanol–water partition coefficient (Wildman–Crippen LogP) is 0.604. The Labute approximate surface area is 84.0 Å². The molecular weight excluding hydrogens is 184 g/mol. The molecule has 4 heteroatoms. The zero-order valence-corrected chi connectivity index (χ0v) is 9.49. The van der Waals surface area contributed by atoms with E-state index >= 15 is 0 Å². The van der Waals surface area contributed by atoms with Crippen LogP contribution in [-0.2, 0) is 4.79 Å². The number of nitrogens with one attached hydrogen (secondary N) is 2. The van der Waals surface area contributed by atoms with Crippen molar-refractivity contribution < 1.29 is 4.79 Å². The lowest BCUT2D eigenvalue weighted by Crippen LogP contribution is -2.59. The number of likely N-dealkylation sites (N-methyl/N-ethyl adjacent to an activating group) is 1. The first-order chi connectivity index (χ1) is 5.97. The van der Waals surface area contributed by atoms with Gasteiger partial charge in [-0.15, -0.1) is 0 Å². The number of carbonyl (C=O) groups excluding carboxylic acids is 1. The van der Waals surface area contributed by atoms with E-state index in [1.165, 1.54) is 0 Å². The van der Waals surface area contributed by atoms with E-state index in [0.717, 1.165) is 5.75 Å². The third kappa shape index (κ3) is 2.38. The zero-order valence-electron chi connectivity index (χ0n) is 8.68. The standard InChI is InChI=1S/C9H18N2OS/c1-6(8(12)10-4)11-7-5-13-9(7,2)3/h6-7,11H,5H2,1-4H3,(H,10,12). The number of thioether (sulfide) groups is 1. The van der Waals surface area contributed by atoms with E-state index in [1.807, 2.05) is 18.7 Å². The molecule has 1 amide bonds. The number of carbonyl (C=O) groups is 1. The van der Waals surface area contributed by atoms with Gasteiger partial charge in [-0.25, -0.2) is 0 Å². The molecule has 3 nitrogen and oxygen atoms in total. The third-order valence-corrected chi connectivity index (χ3v) is 4.08. The topological polar surface area (TPSA) is 41.1 Å². The predicted molar refractivity (Wildman–Crippen MR) is 57.0 cm³/mol. The highest BCUT2D eigenvalue weighted by molar-refractivity contribution is 8.02. The summed E-state index contributed by atoms with van der Waals surface area (Å²) < 4.78 is 0.280. The lowest BCUT2D eigenvalue weighted by Gasteiger charge is -2.45. The van der Waals surface area contributed by atoms with Crippen LogP contribution in [0.4, 0.5) is 0 Å². The summed E-state index contributed by atoms with van der Waals surface area (Å²) in [5.74, 6) is 1.17. The highest BCUT2D eigenvalue weighted by atomic mass is 32.2. The van der Waals surface area contributed by atoms with Crippen LogP contribution in [0.25, 0.3) is 0 Å². The van der Waals surface area contributed by atoms with Gasteiger partial charge in [-0.05, 0) is 20.8 Å². The first kappa shape index (κ1) is 10.9. The van der Waals surface area contributed by atoms with Crippen molar-refractivity contribution in [3.05, 3.63) is 0 Å². The van der Waals surface area contributed by atoms with Gasteiger partial charge in [0.25, 0.3) is 0 Å². The van der Waals surface area contributed by atoms with E-state index in [1.54, 1.807) is 7.05 Å². The molecule has 2 atom stereocenters. The summed E-state index contributed by atoms with van der Waals surface area (Å²) >= 11 is 1.94. The van der Waals surface area contributed by atoms with Crippen molar-refractivity contribution in [2.45, 2.75) is 37.6 Å². The van der Waals surface area contributed by atoms with Gasteiger partial charge in [-0.3, -0.25) is 4.79 Å². The highest BCUT2D eigenvalue weighted by Gasteiger charge is 2.40. The smallest absolute Gasteiger partial charge is 0.236 e. The van der Waals surface area contributed by atoms with Gasteiger partial charge in [0.2, 0.25) is 5.91 Å². The maximum atomic E-state index is 11.2. The van der Waals surface area contributed by atoms with Crippen LogP contribution >= 0.6 is 11.8 Å². The van der Waals surface area contributed by atoms with Crippen LogP contribution in [0.3, 0.4) is 0 Å². The number of rotatable bonds is 3. The van der Waals surface area contributed by atoms with Gasteiger partial charge in [0, 0.05) is 23.6 Å². The summed E-state index contributed by atoms with van der Waals surface area (Å²) in [6, 6.07) is 0.375. The molecule has 0 saturated carbocycles. The van der Waals surface area contributed by atoms with Crippen molar-refractivity contribution in [2.24, 2.45) is 0 Å². The van der Waals surface area contributed by atoms with E-state index in [2.05, 4.69) is 24.5 Å². The minimum absolute atomic E-state index is 0.0627. The summed E-state index contributed by atoms with van der Waals surface area (Å²) in [7, 11) is 1.67. The fourth-order valence-electron chi connectivity index (χ4n) is 1.34. The highest BCUT2D eigenvalue weighted by Crippen LogP contribution is 2.39. The molecule has 76 valence electrons. The molecule has 0 radical (unpaired) electrons. The average molecular weight is 202 g/mol. The van der Waals surface area contributed by atoms with Gasteiger partial charge in [0.15, 0.2) is 0 Å². The Bertz CT molecular complexity index is 206. The second-order valence-electron chi connectivity index (χ2n) is 3.97. The first-order valence-corrected chi connectivity index (χ1v) is 5.57. The molecule has 1 saturated heterocycles. The average Bonchev–Trinajstić information content (AvgIpc) is 2.10. The van der Waals surface area contributed by atoms with Gasteiger partial charge in [-0.1, -0.05) is 0 Å². The molecule has 2 N–H and O–H groups in total. The van der Waals surface area contributed by atoms with Crippen LogP contribution in [0, 0.1) is 0 Å². The Hall–Kier alpha value is -0.220. The number of hydrogen-bond donors (Lipinski definition) is 2. The number of amides is 1. The van der Waals surface area contributed by atoms with Crippen LogP contribution in [0.1, 0.15) is 20.8 Å². The van der Waals surface area contributed by atoms with Crippen LogP contribution in [0.15, 0.2) is 0 Å². The molecule has 1 fully saturated rings. The molecular formula is C9H18N2OS. The summed E-state index contributed by atoms with van der Waals surface area (Å²) in [6.07, 6.45) is 0. The summed E-state index contributed by atoms with van der Waals surface area (Å²) in [5.41, 5.74) is 0. The molecule has 0 aromatic carbocycles. The minimum atomic E-state index is -0.0878. The molecule has 1 rings (SSSR count). The van der Waals surface area contributed by atoms with Crippen molar-refractivity contribution in [3.63, 3.8) is 0 Å². The number of hydrogen-bond acceptors (Lipinski definition) is 3. The van der Waals surface area contributed by atoms with Crippen molar-refractivity contribution >= 4 is 17.7 Å². The fourth-order valence-corrected chi connectivity index (χ4v) is 2.51. The Kier molecular flexibility index (Phi) is 3.24. The van der Waals surface area contributed by atoms with E-state index in [-0.39, 0.29) is 16.7 Å². The molecule has 1 aliphatic heterocycles. The lowest BCUT2D eigenvalue weighted by molar-refractivity contribution is -0.122. The van der Waals surface area contributed by atoms with Crippen LogP contribution in [0.2, 0.25) is 0 Å². The van der Waals surface area contributed by atoms with Gasteiger partial charge < -0.3 is 10.6 Å². The second-order valence-corrected chi connectivity index (χ2v) is 5.64. The normalized spacial score (nSPS) is 27.5. The van der Waals surface area contributed by atoms with Crippen LogP contribution < -0.4 is 10.6 Å². The second kappa shape index (κ2) is 3.88. The Morgan fingerprint density at radius 2 is 2.23 bits per heavy atom.